The van der Waals surface area contributed by atoms with Crippen LogP contribution in [0.15, 0.2) is 12.1 Å². The van der Waals surface area contributed by atoms with Gasteiger partial charge in [-0.25, -0.2) is 4.98 Å². The van der Waals surface area contributed by atoms with Gasteiger partial charge in [-0.2, -0.15) is 0 Å². The average molecular weight is 269 g/mol. The molecule has 1 heterocycles. The minimum atomic E-state index is -1.83. The van der Waals surface area contributed by atoms with Crippen molar-refractivity contribution in [2.75, 3.05) is 7.11 Å². The third kappa shape index (κ3) is 3.46. The van der Waals surface area contributed by atoms with E-state index in [1.807, 2.05) is 0 Å². The Labute approximate surface area is 110 Å². The summed E-state index contributed by atoms with van der Waals surface area (Å²) in [6, 6.07) is 3.21. The second kappa shape index (κ2) is 5.28. The maximum atomic E-state index is 9.75. The van der Waals surface area contributed by atoms with Gasteiger partial charge in [0.2, 0.25) is 5.88 Å². The maximum absolute atomic E-state index is 9.75. The highest BCUT2D eigenvalue weighted by atomic mass is 28.4. The normalized spacial score (nSPS) is 12.6. The van der Waals surface area contributed by atoms with E-state index >= 15 is 0 Å². The lowest BCUT2D eigenvalue weighted by Gasteiger charge is -2.36. The number of aromatic nitrogens is 1. The van der Waals surface area contributed by atoms with Crippen LogP contribution in [0.3, 0.4) is 0 Å². The van der Waals surface area contributed by atoms with Gasteiger partial charge in [-0.3, -0.25) is 0 Å². The predicted molar refractivity (Wildman–Crippen MR) is 74.4 cm³/mol. The van der Waals surface area contributed by atoms with E-state index < -0.39 is 8.32 Å². The van der Waals surface area contributed by atoms with Crippen LogP contribution in [0.4, 0.5) is 0 Å². The van der Waals surface area contributed by atoms with E-state index in [2.05, 4.69) is 38.8 Å². The average Bonchev–Trinajstić information content (AvgIpc) is 2.26. The Bertz CT molecular complexity index is 413. The Hall–Kier alpha value is -1.07. The van der Waals surface area contributed by atoms with Crippen molar-refractivity contribution in [3.63, 3.8) is 0 Å². The fourth-order valence-electron chi connectivity index (χ4n) is 1.16. The predicted octanol–water partition coefficient (Wildman–Crippen LogP) is 3.32. The molecule has 1 aromatic heterocycles. The standard InChI is InChI=1S/C13H23NO3Si/c1-13(2,3)18(5,6)17-9-10-11(15)7-8-12(14-10)16-4/h7-8,15H,9H2,1-6H3. The molecule has 0 saturated carbocycles. The largest absolute Gasteiger partial charge is 0.506 e. The van der Waals surface area contributed by atoms with Crippen LogP contribution in [0.1, 0.15) is 26.5 Å². The Morgan fingerprint density at radius 1 is 1.28 bits per heavy atom. The number of ether oxygens (including phenoxy) is 1. The Balaban J connectivity index is 2.80. The van der Waals surface area contributed by atoms with Gasteiger partial charge < -0.3 is 14.3 Å². The monoisotopic (exact) mass is 269 g/mol. The molecule has 0 radical (unpaired) electrons. The zero-order chi connectivity index (χ0) is 14.0. The van der Waals surface area contributed by atoms with Crippen molar-refractivity contribution in [3.8, 4) is 11.6 Å². The van der Waals surface area contributed by atoms with Gasteiger partial charge in [-0.05, 0) is 24.2 Å². The molecule has 1 rings (SSSR count). The summed E-state index contributed by atoms with van der Waals surface area (Å²) in [6.45, 7) is 11.2. The van der Waals surface area contributed by atoms with E-state index in [0.29, 0.717) is 18.2 Å². The lowest BCUT2D eigenvalue weighted by Crippen LogP contribution is -2.40. The van der Waals surface area contributed by atoms with Crippen LogP contribution in [0.5, 0.6) is 11.6 Å². The smallest absolute Gasteiger partial charge is 0.213 e. The van der Waals surface area contributed by atoms with Gasteiger partial charge in [0, 0.05) is 6.07 Å². The van der Waals surface area contributed by atoms with Gasteiger partial charge in [-0.1, -0.05) is 20.8 Å². The molecule has 5 heteroatoms. The first-order chi connectivity index (χ1) is 8.17. The van der Waals surface area contributed by atoms with Crippen molar-refractivity contribution in [2.45, 2.75) is 45.5 Å². The summed E-state index contributed by atoms with van der Waals surface area (Å²) < 4.78 is 11.1. The first-order valence-corrected chi connectivity index (χ1v) is 8.95. The van der Waals surface area contributed by atoms with Crippen molar-refractivity contribution in [1.29, 1.82) is 0 Å². The molecule has 18 heavy (non-hydrogen) atoms. The molecular formula is C13H23NO3Si. The summed E-state index contributed by atoms with van der Waals surface area (Å²) in [5.41, 5.74) is 0.527. The van der Waals surface area contributed by atoms with Crippen LogP contribution in [-0.2, 0) is 11.0 Å². The number of aromatic hydroxyl groups is 1. The summed E-state index contributed by atoms with van der Waals surface area (Å²) in [7, 11) is -0.277. The van der Waals surface area contributed by atoms with Crippen molar-refractivity contribution >= 4 is 8.32 Å². The summed E-state index contributed by atoms with van der Waals surface area (Å²) in [4.78, 5) is 4.20. The quantitative estimate of drug-likeness (QED) is 0.852. The second-order valence-electron chi connectivity index (χ2n) is 5.87. The fraction of sp³-hybridized carbons (Fsp3) is 0.615. The molecule has 0 atom stereocenters. The minimum Gasteiger partial charge on any atom is -0.506 e. The first-order valence-electron chi connectivity index (χ1n) is 6.04. The first kappa shape index (κ1) is 15.0. The molecule has 0 spiro atoms. The maximum Gasteiger partial charge on any atom is 0.213 e. The molecular weight excluding hydrogens is 246 g/mol. The second-order valence-corrected chi connectivity index (χ2v) is 10.7. The minimum absolute atomic E-state index is 0.140. The van der Waals surface area contributed by atoms with Crippen molar-refractivity contribution in [1.82, 2.24) is 4.98 Å². The molecule has 0 aromatic carbocycles. The Morgan fingerprint density at radius 3 is 2.39 bits per heavy atom. The van der Waals surface area contributed by atoms with E-state index in [-0.39, 0.29) is 10.8 Å². The summed E-state index contributed by atoms with van der Waals surface area (Å²) in [5.74, 6) is 0.635. The molecule has 0 bridgehead atoms. The Morgan fingerprint density at radius 2 is 1.89 bits per heavy atom. The summed E-state index contributed by atoms with van der Waals surface area (Å²) in [5, 5.41) is 9.89. The molecule has 1 N–H and O–H groups in total. The highest BCUT2D eigenvalue weighted by Gasteiger charge is 2.37. The van der Waals surface area contributed by atoms with Crippen LogP contribution in [0.25, 0.3) is 0 Å². The molecule has 1 aromatic rings. The third-order valence-corrected chi connectivity index (χ3v) is 7.99. The van der Waals surface area contributed by atoms with Crippen LogP contribution >= 0.6 is 0 Å². The van der Waals surface area contributed by atoms with Gasteiger partial charge >= 0.3 is 0 Å². The van der Waals surface area contributed by atoms with Crippen LogP contribution in [0, 0.1) is 0 Å². The van der Waals surface area contributed by atoms with Gasteiger partial charge in [0.1, 0.15) is 11.4 Å². The van der Waals surface area contributed by atoms with E-state index in [0.717, 1.165) is 0 Å². The van der Waals surface area contributed by atoms with Gasteiger partial charge in [0.05, 0.1) is 13.7 Å². The summed E-state index contributed by atoms with van der Waals surface area (Å²) >= 11 is 0. The molecule has 0 aliphatic heterocycles. The molecule has 0 aliphatic rings. The molecule has 4 nitrogen and oxygen atoms in total. The number of hydrogen-bond acceptors (Lipinski definition) is 4. The molecule has 0 saturated heterocycles. The number of nitrogens with zero attached hydrogens (tertiary/aromatic N) is 1. The number of rotatable bonds is 4. The Kier molecular flexibility index (Phi) is 4.40. The number of hydrogen-bond donors (Lipinski definition) is 1. The fourth-order valence-corrected chi connectivity index (χ4v) is 2.09. The van der Waals surface area contributed by atoms with Gasteiger partial charge in [0.25, 0.3) is 0 Å². The van der Waals surface area contributed by atoms with Crippen LogP contribution in [0.2, 0.25) is 18.1 Å². The number of methoxy groups -OCH3 is 1. The van der Waals surface area contributed by atoms with Crippen LogP contribution in [-0.4, -0.2) is 25.5 Å². The lowest BCUT2D eigenvalue weighted by atomic mass is 10.2. The van der Waals surface area contributed by atoms with Gasteiger partial charge in [-0.15, -0.1) is 0 Å². The molecule has 102 valence electrons. The zero-order valence-electron chi connectivity index (χ0n) is 12.1. The van der Waals surface area contributed by atoms with Gasteiger partial charge in [0.15, 0.2) is 8.32 Å². The van der Waals surface area contributed by atoms with E-state index in [1.165, 1.54) is 0 Å². The van der Waals surface area contributed by atoms with E-state index in [1.54, 1.807) is 19.2 Å². The molecule has 0 fully saturated rings. The highest BCUT2D eigenvalue weighted by Crippen LogP contribution is 2.37. The van der Waals surface area contributed by atoms with E-state index in [4.69, 9.17) is 9.16 Å². The molecule has 0 unspecified atom stereocenters. The van der Waals surface area contributed by atoms with E-state index in [9.17, 15) is 5.11 Å². The van der Waals surface area contributed by atoms with Crippen molar-refractivity contribution in [2.24, 2.45) is 0 Å². The molecule has 0 amide bonds. The zero-order valence-corrected chi connectivity index (χ0v) is 13.1. The lowest BCUT2D eigenvalue weighted by molar-refractivity contribution is 0.263. The molecule has 0 aliphatic carbocycles. The van der Waals surface area contributed by atoms with Crippen molar-refractivity contribution < 1.29 is 14.3 Å². The topological polar surface area (TPSA) is 51.6 Å². The SMILES string of the molecule is COc1ccc(O)c(CO[Si](C)(C)C(C)(C)C)n1. The third-order valence-electron chi connectivity index (χ3n) is 3.51. The number of pyridine rings is 1. The highest BCUT2D eigenvalue weighted by molar-refractivity contribution is 6.74. The van der Waals surface area contributed by atoms with Crippen LogP contribution < -0.4 is 4.74 Å². The van der Waals surface area contributed by atoms with Crippen molar-refractivity contribution in [3.05, 3.63) is 17.8 Å². The summed E-state index contributed by atoms with van der Waals surface area (Å²) in [6.07, 6.45) is 0.